The van der Waals surface area contributed by atoms with Crippen molar-refractivity contribution in [3.05, 3.63) is 46.0 Å². The van der Waals surface area contributed by atoms with Gasteiger partial charge in [0.25, 0.3) is 5.91 Å². The zero-order chi connectivity index (χ0) is 17.7. The fourth-order valence-corrected chi connectivity index (χ4v) is 3.16. The van der Waals surface area contributed by atoms with E-state index in [-0.39, 0.29) is 5.57 Å². The van der Waals surface area contributed by atoms with E-state index in [4.69, 9.17) is 11.0 Å². The molecule has 1 heterocycles. The zero-order valence-electron chi connectivity index (χ0n) is 14.0. The average Bonchev–Trinajstić information content (AvgIpc) is 3.02. The highest BCUT2D eigenvalue weighted by Gasteiger charge is 2.12. The fraction of sp³-hybridized carbons (Fsp3) is 0.278. The number of amides is 1. The Hall–Kier alpha value is -2.65. The summed E-state index contributed by atoms with van der Waals surface area (Å²) in [5.41, 5.74) is 10.0. The maximum atomic E-state index is 11.2. The molecular formula is C18H20N4OS. The van der Waals surface area contributed by atoms with Crippen molar-refractivity contribution >= 4 is 22.4 Å². The van der Waals surface area contributed by atoms with Crippen molar-refractivity contribution in [3.63, 3.8) is 0 Å². The third-order valence-electron chi connectivity index (χ3n) is 3.77. The molecule has 0 aliphatic carbocycles. The van der Waals surface area contributed by atoms with Crippen LogP contribution in [0.15, 0.2) is 34.8 Å². The molecule has 0 atom stereocenters. The second-order valence-electron chi connectivity index (χ2n) is 5.34. The van der Waals surface area contributed by atoms with Crippen molar-refractivity contribution in [3.8, 4) is 17.3 Å². The Balaban J connectivity index is 2.35. The van der Waals surface area contributed by atoms with Crippen molar-refractivity contribution in [2.24, 2.45) is 5.73 Å². The minimum Gasteiger partial charge on any atom is -0.365 e. The normalized spacial score (nSPS) is 11.6. The first-order valence-electron chi connectivity index (χ1n) is 7.75. The van der Waals surface area contributed by atoms with Crippen LogP contribution < -0.4 is 11.1 Å². The smallest absolute Gasteiger partial charge is 0.261 e. The van der Waals surface area contributed by atoms with Gasteiger partial charge in [-0.3, -0.25) is 4.79 Å². The van der Waals surface area contributed by atoms with Crippen LogP contribution in [0.1, 0.15) is 31.9 Å². The number of hydrogen-bond acceptors (Lipinski definition) is 5. The Morgan fingerprint density at radius 3 is 2.71 bits per heavy atom. The molecule has 1 aromatic carbocycles. The van der Waals surface area contributed by atoms with Gasteiger partial charge in [0, 0.05) is 16.6 Å². The summed E-state index contributed by atoms with van der Waals surface area (Å²) in [6.07, 6.45) is 1.90. The van der Waals surface area contributed by atoms with Crippen molar-refractivity contribution in [2.75, 3.05) is 5.32 Å². The standard InChI is InChI=1S/C18H20N4OS/c1-4-12-6-7-13(5-2)14(8-12)16-10-24-18(22-16)21-11(3)15(9-19)17(20)23/h6-8,10H,4-5H2,1-3H3,(H2,20,23)(H,21,22)/b15-11+. The molecule has 3 N–H and O–H groups in total. The number of rotatable bonds is 6. The van der Waals surface area contributed by atoms with E-state index in [9.17, 15) is 4.79 Å². The number of primary amides is 1. The molecule has 2 rings (SSSR count). The van der Waals surface area contributed by atoms with Crippen LogP contribution in [0.2, 0.25) is 0 Å². The Morgan fingerprint density at radius 2 is 2.12 bits per heavy atom. The number of benzene rings is 1. The van der Waals surface area contributed by atoms with E-state index in [1.54, 1.807) is 6.92 Å². The van der Waals surface area contributed by atoms with Crippen LogP contribution in [-0.4, -0.2) is 10.9 Å². The Labute approximate surface area is 145 Å². The van der Waals surface area contributed by atoms with E-state index < -0.39 is 5.91 Å². The first-order valence-corrected chi connectivity index (χ1v) is 8.63. The van der Waals surface area contributed by atoms with Gasteiger partial charge in [-0.1, -0.05) is 26.0 Å². The van der Waals surface area contributed by atoms with Crippen molar-refractivity contribution in [1.29, 1.82) is 5.26 Å². The number of carbonyl (C=O) groups excluding carboxylic acids is 1. The van der Waals surface area contributed by atoms with Gasteiger partial charge in [0.1, 0.15) is 11.6 Å². The van der Waals surface area contributed by atoms with Gasteiger partial charge >= 0.3 is 0 Å². The molecule has 1 aromatic heterocycles. The monoisotopic (exact) mass is 340 g/mol. The molecule has 0 fully saturated rings. The summed E-state index contributed by atoms with van der Waals surface area (Å²) in [4.78, 5) is 15.8. The molecule has 0 saturated heterocycles. The molecule has 0 bridgehead atoms. The van der Waals surface area contributed by atoms with Gasteiger partial charge in [-0.15, -0.1) is 11.3 Å². The van der Waals surface area contributed by atoms with E-state index >= 15 is 0 Å². The number of nitrogens with two attached hydrogens (primary N) is 1. The number of anilines is 1. The number of allylic oxidation sites excluding steroid dienone is 1. The quantitative estimate of drug-likeness (QED) is 0.620. The second-order valence-corrected chi connectivity index (χ2v) is 6.20. The summed E-state index contributed by atoms with van der Waals surface area (Å²) in [6, 6.07) is 8.27. The van der Waals surface area contributed by atoms with Gasteiger partial charge in [-0.2, -0.15) is 5.26 Å². The maximum Gasteiger partial charge on any atom is 0.261 e. The predicted octanol–water partition coefficient (Wildman–Crippen LogP) is 3.63. The molecule has 0 spiro atoms. The highest BCUT2D eigenvalue weighted by molar-refractivity contribution is 7.14. The van der Waals surface area contributed by atoms with E-state index in [0.717, 1.165) is 24.1 Å². The number of nitrogens with one attached hydrogen (secondary N) is 1. The van der Waals surface area contributed by atoms with Crippen LogP contribution >= 0.6 is 11.3 Å². The van der Waals surface area contributed by atoms with Gasteiger partial charge in [0.2, 0.25) is 0 Å². The van der Waals surface area contributed by atoms with Crippen LogP contribution in [0.4, 0.5) is 5.13 Å². The van der Waals surface area contributed by atoms with Gasteiger partial charge in [-0.25, -0.2) is 4.98 Å². The lowest BCUT2D eigenvalue weighted by Crippen LogP contribution is -2.16. The van der Waals surface area contributed by atoms with Crippen molar-refractivity contribution in [1.82, 2.24) is 4.98 Å². The first-order chi connectivity index (χ1) is 11.5. The van der Waals surface area contributed by atoms with Crippen LogP contribution in [0, 0.1) is 11.3 Å². The third-order valence-corrected chi connectivity index (χ3v) is 4.53. The molecule has 0 radical (unpaired) electrons. The minimum absolute atomic E-state index is 0.0889. The molecule has 0 aliphatic heterocycles. The van der Waals surface area contributed by atoms with Gasteiger partial charge in [0.15, 0.2) is 5.13 Å². The Bertz CT molecular complexity index is 830. The summed E-state index contributed by atoms with van der Waals surface area (Å²) in [5, 5.41) is 14.6. The molecule has 6 heteroatoms. The summed E-state index contributed by atoms with van der Waals surface area (Å²) in [6.45, 7) is 5.88. The molecule has 0 aliphatic rings. The first kappa shape index (κ1) is 17.7. The van der Waals surface area contributed by atoms with E-state index in [2.05, 4.69) is 42.3 Å². The Kier molecular flexibility index (Phi) is 5.72. The van der Waals surface area contributed by atoms with Crippen molar-refractivity contribution in [2.45, 2.75) is 33.6 Å². The summed E-state index contributed by atoms with van der Waals surface area (Å²) >= 11 is 1.43. The number of hydrogen-bond donors (Lipinski definition) is 2. The SMILES string of the molecule is CCc1ccc(CC)c(-c2csc(N/C(C)=C(\C#N)C(N)=O)n2)c1. The maximum absolute atomic E-state index is 11.2. The summed E-state index contributed by atoms with van der Waals surface area (Å²) < 4.78 is 0. The van der Waals surface area contributed by atoms with Crippen LogP contribution in [-0.2, 0) is 17.6 Å². The highest BCUT2D eigenvalue weighted by Crippen LogP contribution is 2.30. The van der Waals surface area contributed by atoms with Crippen molar-refractivity contribution < 1.29 is 4.79 Å². The van der Waals surface area contributed by atoms with Crippen LogP contribution in [0.3, 0.4) is 0 Å². The molecule has 5 nitrogen and oxygen atoms in total. The lowest BCUT2D eigenvalue weighted by Gasteiger charge is -2.08. The predicted molar refractivity (Wildman–Crippen MR) is 97.4 cm³/mol. The average molecular weight is 340 g/mol. The van der Waals surface area contributed by atoms with Crippen LogP contribution in [0.5, 0.6) is 0 Å². The van der Waals surface area contributed by atoms with Crippen LogP contribution in [0.25, 0.3) is 11.3 Å². The Morgan fingerprint density at radius 1 is 1.38 bits per heavy atom. The number of nitrogens with zero attached hydrogens (tertiary/aromatic N) is 2. The second kappa shape index (κ2) is 7.75. The lowest BCUT2D eigenvalue weighted by molar-refractivity contribution is -0.114. The third kappa shape index (κ3) is 3.81. The van der Waals surface area contributed by atoms with E-state index in [0.29, 0.717) is 10.8 Å². The largest absolute Gasteiger partial charge is 0.365 e. The molecular weight excluding hydrogens is 320 g/mol. The number of carbonyl (C=O) groups is 1. The van der Waals surface area contributed by atoms with E-state index in [1.165, 1.54) is 22.5 Å². The number of thiazole rings is 1. The van der Waals surface area contributed by atoms with Gasteiger partial charge in [0.05, 0.1) is 5.69 Å². The molecule has 1 amide bonds. The van der Waals surface area contributed by atoms with Gasteiger partial charge < -0.3 is 11.1 Å². The summed E-state index contributed by atoms with van der Waals surface area (Å²) in [7, 11) is 0. The highest BCUT2D eigenvalue weighted by atomic mass is 32.1. The zero-order valence-corrected chi connectivity index (χ0v) is 14.8. The minimum atomic E-state index is -0.747. The topological polar surface area (TPSA) is 91.8 Å². The number of aromatic nitrogens is 1. The molecule has 0 unspecified atom stereocenters. The number of nitriles is 1. The number of aryl methyl sites for hydroxylation is 2. The van der Waals surface area contributed by atoms with E-state index in [1.807, 2.05) is 11.4 Å². The molecule has 24 heavy (non-hydrogen) atoms. The summed E-state index contributed by atoms with van der Waals surface area (Å²) in [5.74, 6) is -0.747. The lowest BCUT2D eigenvalue weighted by atomic mass is 9.99. The molecule has 2 aromatic rings. The fourth-order valence-electron chi connectivity index (χ4n) is 2.39. The molecule has 124 valence electrons. The molecule has 0 saturated carbocycles. The van der Waals surface area contributed by atoms with Gasteiger partial charge in [-0.05, 0) is 37.0 Å².